The molecule has 0 bridgehead atoms. The van der Waals surface area contributed by atoms with E-state index in [-0.39, 0.29) is 0 Å². The van der Waals surface area contributed by atoms with E-state index < -0.39 is 0 Å². The Morgan fingerprint density at radius 3 is 2.41 bits per heavy atom. The normalized spacial score (nSPS) is 11.6. The Morgan fingerprint density at radius 1 is 0.941 bits per heavy atom. The smallest absolute Gasteiger partial charge is 0.221 e. The van der Waals surface area contributed by atoms with Crippen LogP contribution >= 0.6 is 0 Å². The molecule has 3 heterocycles. The zero-order chi connectivity index (χ0) is 23.9. The molecule has 0 radical (unpaired) electrons. The van der Waals surface area contributed by atoms with E-state index in [9.17, 15) is 0 Å². The number of aromatic nitrogens is 8. The van der Waals surface area contributed by atoms with Gasteiger partial charge in [0.05, 0.1) is 12.2 Å². The molecule has 1 aromatic carbocycles. The van der Waals surface area contributed by atoms with Crippen molar-refractivity contribution < 1.29 is 0 Å². The minimum atomic E-state index is 0.327. The van der Waals surface area contributed by atoms with Crippen molar-refractivity contribution in [3.05, 3.63) is 59.3 Å². The second-order valence-electron chi connectivity index (χ2n) is 9.22. The van der Waals surface area contributed by atoms with E-state index in [1.54, 1.807) is 0 Å². The van der Waals surface area contributed by atoms with Crippen molar-refractivity contribution in [1.82, 2.24) is 40.0 Å². The van der Waals surface area contributed by atoms with Gasteiger partial charge < -0.3 is 4.57 Å². The molecule has 0 atom stereocenters. The van der Waals surface area contributed by atoms with Gasteiger partial charge >= 0.3 is 0 Å². The summed E-state index contributed by atoms with van der Waals surface area (Å²) < 4.78 is 4.24. The predicted octanol–water partition coefficient (Wildman–Crippen LogP) is 5.50. The molecule has 0 saturated carbocycles. The molecule has 34 heavy (non-hydrogen) atoms. The summed E-state index contributed by atoms with van der Waals surface area (Å²) in [6.45, 7) is 9.45. The summed E-state index contributed by atoms with van der Waals surface area (Å²) >= 11 is 0. The molecule has 0 fully saturated rings. The number of tetrazole rings is 1. The van der Waals surface area contributed by atoms with Gasteiger partial charge in [-0.05, 0) is 53.8 Å². The van der Waals surface area contributed by atoms with Gasteiger partial charge in [-0.3, -0.25) is 0 Å². The second-order valence-corrected chi connectivity index (χ2v) is 9.22. The highest BCUT2D eigenvalue weighted by atomic mass is 15.5. The van der Waals surface area contributed by atoms with Crippen LogP contribution in [0.4, 0.5) is 0 Å². The van der Waals surface area contributed by atoms with Crippen LogP contribution in [0.5, 0.6) is 0 Å². The van der Waals surface area contributed by atoms with Crippen LogP contribution in [0.15, 0.2) is 36.5 Å². The molecular formula is C26H36N8. The molecule has 3 aromatic heterocycles. The Bertz CT molecular complexity index is 1150. The molecule has 0 aliphatic heterocycles. The van der Waals surface area contributed by atoms with Crippen molar-refractivity contribution in [1.29, 1.82) is 0 Å². The van der Waals surface area contributed by atoms with Crippen molar-refractivity contribution in [2.24, 2.45) is 0 Å². The minimum absolute atomic E-state index is 0.327. The number of unbranched alkanes of at least 4 members (excludes halogenated alkanes) is 3. The number of H-pyrrole nitrogens is 1. The molecule has 4 rings (SSSR count). The molecule has 0 aliphatic rings. The Balaban J connectivity index is 1.58. The largest absolute Gasteiger partial charge is 0.313 e. The number of benzene rings is 1. The lowest BCUT2D eigenvalue weighted by Gasteiger charge is -2.11. The molecule has 0 aliphatic carbocycles. The highest BCUT2D eigenvalue weighted by Crippen LogP contribution is 2.27. The highest BCUT2D eigenvalue weighted by molar-refractivity contribution is 5.60. The Labute approximate surface area is 201 Å². The average Bonchev–Trinajstić information content (AvgIpc) is 3.58. The number of aryl methyl sites for hydroxylation is 2. The van der Waals surface area contributed by atoms with Gasteiger partial charge in [0.25, 0.3) is 0 Å². The van der Waals surface area contributed by atoms with Gasteiger partial charge in [0, 0.05) is 24.2 Å². The van der Waals surface area contributed by atoms with E-state index in [2.05, 4.69) is 94.1 Å². The molecule has 4 aromatic rings. The fraction of sp³-hybridized carbons (Fsp3) is 0.500. The fourth-order valence-electron chi connectivity index (χ4n) is 4.19. The Kier molecular flexibility index (Phi) is 7.87. The van der Waals surface area contributed by atoms with Gasteiger partial charge in [-0.25, -0.2) is 9.67 Å². The van der Waals surface area contributed by atoms with Crippen molar-refractivity contribution in [3.63, 3.8) is 0 Å². The van der Waals surface area contributed by atoms with Gasteiger partial charge in [-0.1, -0.05) is 59.1 Å². The van der Waals surface area contributed by atoms with Crippen molar-refractivity contribution in [2.75, 3.05) is 0 Å². The lowest BCUT2D eigenvalue weighted by atomic mass is 10.1. The van der Waals surface area contributed by atoms with Crippen LogP contribution in [-0.4, -0.2) is 40.0 Å². The molecule has 0 unspecified atom stereocenters. The first-order chi connectivity index (χ1) is 16.6. The predicted molar refractivity (Wildman–Crippen MR) is 134 cm³/mol. The number of rotatable bonds is 12. The van der Waals surface area contributed by atoms with Crippen LogP contribution in [0.1, 0.15) is 88.5 Å². The van der Waals surface area contributed by atoms with E-state index >= 15 is 0 Å². The maximum absolute atomic E-state index is 4.81. The van der Waals surface area contributed by atoms with E-state index in [0.29, 0.717) is 11.7 Å². The molecule has 180 valence electrons. The Morgan fingerprint density at radius 2 is 1.74 bits per heavy atom. The monoisotopic (exact) mass is 460 g/mol. The summed E-state index contributed by atoms with van der Waals surface area (Å²) in [4.78, 5) is 4.81. The molecule has 0 spiro atoms. The molecule has 8 heteroatoms. The average molecular weight is 461 g/mol. The number of aromatic amines is 1. The number of nitrogens with zero attached hydrogens (tertiary/aromatic N) is 7. The topological polar surface area (TPSA) is 90.1 Å². The van der Waals surface area contributed by atoms with Crippen molar-refractivity contribution in [3.8, 4) is 17.2 Å². The van der Waals surface area contributed by atoms with Crippen LogP contribution in [-0.2, 0) is 19.4 Å². The maximum Gasteiger partial charge on any atom is 0.221 e. The molecular weight excluding hydrogens is 424 g/mol. The molecule has 8 nitrogen and oxygen atoms in total. The SMILES string of the molecule is CCCCCc1ccn(-c2ccc(Cn3nc(C(C)C)nc3CCCC)cc2)c1-c1nn[nH]n1. The van der Waals surface area contributed by atoms with Crippen LogP contribution < -0.4 is 0 Å². The third kappa shape index (κ3) is 5.43. The van der Waals surface area contributed by atoms with Gasteiger partial charge in [-0.2, -0.15) is 10.3 Å². The number of hydrogen-bond donors (Lipinski definition) is 1. The van der Waals surface area contributed by atoms with E-state index in [4.69, 9.17) is 10.1 Å². The molecule has 1 N–H and O–H groups in total. The highest BCUT2D eigenvalue weighted by Gasteiger charge is 2.17. The minimum Gasteiger partial charge on any atom is -0.313 e. The summed E-state index contributed by atoms with van der Waals surface area (Å²) in [5.41, 5.74) is 4.55. The van der Waals surface area contributed by atoms with Crippen LogP contribution in [0.2, 0.25) is 0 Å². The van der Waals surface area contributed by atoms with E-state index in [1.165, 1.54) is 24.0 Å². The third-order valence-corrected chi connectivity index (χ3v) is 6.16. The Hall–Kier alpha value is -3.29. The third-order valence-electron chi connectivity index (χ3n) is 6.16. The van der Waals surface area contributed by atoms with Crippen LogP contribution in [0, 0.1) is 0 Å². The number of nitrogens with one attached hydrogen (secondary N) is 1. The van der Waals surface area contributed by atoms with E-state index in [0.717, 1.165) is 61.7 Å². The molecule has 0 saturated heterocycles. The van der Waals surface area contributed by atoms with Gasteiger partial charge in [0.15, 0.2) is 5.82 Å². The van der Waals surface area contributed by atoms with Crippen molar-refractivity contribution in [2.45, 2.75) is 85.1 Å². The van der Waals surface area contributed by atoms with Gasteiger partial charge in [0.2, 0.25) is 5.82 Å². The summed E-state index contributed by atoms with van der Waals surface area (Å²) in [5.74, 6) is 2.96. The van der Waals surface area contributed by atoms with E-state index in [1.807, 2.05) is 0 Å². The first kappa shape index (κ1) is 23.9. The summed E-state index contributed by atoms with van der Waals surface area (Å²) in [7, 11) is 0. The quantitative estimate of drug-likeness (QED) is 0.282. The first-order valence-corrected chi connectivity index (χ1v) is 12.6. The van der Waals surface area contributed by atoms with Crippen LogP contribution in [0.3, 0.4) is 0 Å². The molecule has 0 amide bonds. The fourth-order valence-corrected chi connectivity index (χ4v) is 4.19. The van der Waals surface area contributed by atoms with Gasteiger partial charge in [-0.15, -0.1) is 10.2 Å². The zero-order valence-corrected chi connectivity index (χ0v) is 20.8. The standard InChI is InChI=1S/C26H36N8/c1-5-7-9-10-21-16-17-33(24(21)26-28-31-32-29-26)22-14-12-20(13-15-22)18-34-23(11-8-6-2)27-25(30-34)19(3)4/h12-17,19H,5-11,18H2,1-4H3,(H,28,29,31,32). The maximum atomic E-state index is 4.81. The number of hydrogen-bond acceptors (Lipinski definition) is 5. The van der Waals surface area contributed by atoms with Gasteiger partial charge in [0.1, 0.15) is 5.82 Å². The summed E-state index contributed by atoms with van der Waals surface area (Å²) in [5, 5.41) is 19.7. The summed E-state index contributed by atoms with van der Waals surface area (Å²) in [6.07, 6.45) is 9.93. The summed E-state index contributed by atoms with van der Waals surface area (Å²) in [6, 6.07) is 10.8. The lowest BCUT2D eigenvalue weighted by molar-refractivity contribution is 0.610. The lowest BCUT2D eigenvalue weighted by Crippen LogP contribution is -2.07. The second kappa shape index (κ2) is 11.2. The van der Waals surface area contributed by atoms with Crippen molar-refractivity contribution >= 4 is 0 Å². The van der Waals surface area contributed by atoms with Crippen LogP contribution in [0.25, 0.3) is 17.2 Å². The first-order valence-electron chi connectivity index (χ1n) is 12.6. The zero-order valence-electron chi connectivity index (χ0n) is 20.8.